The number of fused-ring (bicyclic) bond motifs is 1. The van der Waals surface area contributed by atoms with Crippen molar-refractivity contribution >= 4 is 23.4 Å². The first kappa shape index (κ1) is 13.8. The van der Waals surface area contributed by atoms with Crippen molar-refractivity contribution in [3.05, 3.63) is 28.8 Å². The van der Waals surface area contributed by atoms with E-state index >= 15 is 0 Å². The standard InChI is InChI=1S/C16H22ClNS/c1-11(12-4-2-3-5-12)18-15-8-9-19-16-7-6-13(17)10-14(15)16/h6-7,10-12,15,18H,2-5,8-9H2,1H3. The highest BCUT2D eigenvalue weighted by Crippen LogP contribution is 2.38. The van der Waals surface area contributed by atoms with Crippen LogP contribution < -0.4 is 5.32 Å². The van der Waals surface area contributed by atoms with Crippen molar-refractivity contribution in [2.75, 3.05) is 5.75 Å². The Kier molecular flexibility index (Phi) is 4.40. The summed E-state index contributed by atoms with van der Waals surface area (Å²) in [5.41, 5.74) is 1.41. The number of hydrogen-bond acceptors (Lipinski definition) is 2. The van der Waals surface area contributed by atoms with E-state index in [4.69, 9.17) is 11.6 Å². The molecule has 2 aliphatic rings. The fraction of sp³-hybridized carbons (Fsp3) is 0.625. The molecule has 1 saturated carbocycles. The van der Waals surface area contributed by atoms with Crippen LogP contribution in [0.3, 0.4) is 0 Å². The number of nitrogens with one attached hydrogen (secondary N) is 1. The van der Waals surface area contributed by atoms with Gasteiger partial charge in [0.2, 0.25) is 0 Å². The maximum Gasteiger partial charge on any atom is 0.0410 e. The first-order chi connectivity index (χ1) is 9.24. The van der Waals surface area contributed by atoms with Crippen molar-refractivity contribution in [3.63, 3.8) is 0 Å². The monoisotopic (exact) mass is 295 g/mol. The van der Waals surface area contributed by atoms with Crippen molar-refractivity contribution in [3.8, 4) is 0 Å². The Morgan fingerprint density at radius 2 is 2.05 bits per heavy atom. The Morgan fingerprint density at radius 3 is 2.84 bits per heavy atom. The molecule has 2 unspecified atom stereocenters. The highest BCUT2D eigenvalue weighted by Gasteiger charge is 2.27. The quantitative estimate of drug-likeness (QED) is 0.838. The van der Waals surface area contributed by atoms with Gasteiger partial charge in [0.25, 0.3) is 0 Å². The van der Waals surface area contributed by atoms with Crippen LogP contribution in [-0.2, 0) is 0 Å². The second-order valence-electron chi connectivity index (χ2n) is 5.87. The molecule has 0 amide bonds. The molecular formula is C16H22ClNS. The third-order valence-corrected chi connectivity index (χ3v) is 5.94. The van der Waals surface area contributed by atoms with E-state index in [2.05, 4.69) is 24.4 Å². The Labute approximate surface area is 125 Å². The fourth-order valence-electron chi connectivity index (χ4n) is 3.45. The number of hydrogen-bond donors (Lipinski definition) is 1. The van der Waals surface area contributed by atoms with Crippen LogP contribution >= 0.6 is 23.4 Å². The van der Waals surface area contributed by atoms with E-state index in [1.807, 2.05) is 17.8 Å². The molecule has 3 heteroatoms. The molecule has 1 nitrogen and oxygen atoms in total. The van der Waals surface area contributed by atoms with E-state index in [0.717, 1.165) is 10.9 Å². The van der Waals surface area contributed by atoms with Crippen LogP contribution in [0.25, 0.3) is 0 Å². The maximum atomic E-state index is 6.17. The molecular weight excluding hydrogens is 274 g/mol. The van der Waals surface area contributed by atoms with Crippen molar-refractivity contribution in [1.29, 1.82) is 0 Å². The molecule has 104 valence electrons. The third-order valence-electron chi connectivity index (χ3n) is 4.58. The first-order valence-electron chi connectivity index (χ1n) is 7.42. The molecule has 0 bridgehead atoms. The van der Waals surface area contributed by atoms with Gasteiger partial charge in [-0.15, -0.1) is 11.8 Å². The molecule has 1 aromatic carbocycles. The molecule has 0 radical (unpaired) electrons. The molecule has 1 aliphatic heterocycles. The molecule has 19 heavy (non-hydrogen) atoms. The zero-order chi connectivity index (χ0) is 13.2. The van der Waals surface area contributed by atoms with Crippen LogP contribution in [0.5, 0.6) is 0 Å². The topological polar surface area (TPSA) is 12.0 Å². The van der Waals surface area contributed by atoms with Crippen molar-refractivity contribution < 1.29 is 0 Å². The van der Waals surface area contributed by atoms with E-state index in [0.29, 0.717) is 12.1 Å². The summed E-state index contributed by atoms with van der Waals surface area (Å²) >= 11 is 8.13. The molecule has 0 aromatic heterocycles. The average Bonchev–Trinajstić information content (AvgIpc) is 2.93. The van der Waals surface area contributed by atoms with E-state index < -0.39 is 0 Å². The minimum Gasteiger partial charge on any atom is -0.307 e. The lowest BCUT2D eigenvalue weighted by molar-refractivity contribution is 0.336. The van der Waals surface area contributed by atoms with Crippen LogP contribution in [0.1, 0.15) is 50.6 Å². The molecule has 1 aromatic rings. The number of halogens is 1. The normalized spacial score (nSPS) is 25.3. The number of thioether (sulfide) groups is 1. The largest absolute Gasteiger partial charge is 0.307 e. The van der Waals surface area contributed by atoms with Gasteiger partial charge in [-0.1, -0.05) is 24.4 Å². The van der Waals surface area contributed by atoms with Gasteiger partial charge in [-0.25, -0.2) is 0 Å². The van der Waals surface area contributed by atoms with Crippen LogP contribution in [0.2, 0.25) is 5.02 Å². The first-order valence-corrected chi connectivity index (χ1v) is 8.78. The molecule has 1 N–H and O–H groups in total. The van der Waals surface area contributed by atoms with Crippen molar-refractivity contribution in [2.45, 2.75) is 56.0 Å². The third kappa shape index (κ3) is 3.12. The molecule has 1 heterocycles. The minimum atomic E-state index is 0.491. The van der Waals surface area contributed by atoms with Gasteiger partial charge in [0.15, 0.2) is 0 Å². The molecule has 1 aliphatic carbocycles. The fourth-order valence-corrected chi connectivity index (χ4v) is 4.74. The van der Waals surface area contributed by atoms with Crippen LogP contribution in [-0.4, -0.2) is 11.8 Å². The highest BCUT2D eigenvalue weighted by atomic mass is 35.5. The number of rotatable bonds is 3. The lowest BCUT2D eigenvalue weighted by Gasteiger charge is -2.31. The molecule has 0 spiro atoms. The van der Waals surface area contributed by atoms with E-state index in [-0.39, 0.29) is 0 Å². The van der Waals surface area contributed by atoms with Crippen molar-refractivity contribution in [1.82, 2.24) is 5.32 Å². The lowest BCUT2D eigenvalue weighted by Crippen LogP contribution is -2.36. The second-order valence-corrected chi connectivity index (χ2v) is 7.44. The smallest absolute Gasteiger partial charge is 0.0410 e. The Bertz CT molecular complexity index is 442. The van der Waals surface area contributed by atoms with Crippen LogP contribution in [0, 0.1) is 5.92 Å². The van der Waals surface area contributed by atoms with Gasteiger partial charge in [-0.3, -0.25) is 0 Å². The van der Waals surface area contributed by atoms with E-state index in [1.54, 1.807) is 0 Å². The summed E-state index contributed by atoms with van der Waals surface area (Å²) in [5, 5.41) is 4.73. The molecule has 1 fully saturated rings. The predicted octanol–water partition coefficient (Wildman–Crippen LogP) is 5.05. The highest BCUT2D eigenvalue weighted by molar-refractivity contribution is 7.99. The average molecular weight is 296 g/mol. The Morgan fingerprint density at radius 1 is 1.26 bits per heavy atom. The predicted molar refractivity (Wildman–Crippen MR) is 84.1 cm³/mol. The second kappa shape index (κ2) is 6.07. The number of benzene rings is 1. The summed E-state index contributed by atoms with van der Waals surface area (Å²) in [6.45, 7) is 2.36. The minimum absolute atomic E-state index is 0.491. The molecule has 2 atom stereocenters. The van der Waals surface area contributed by atoms with Crippen molar-refractivity contribution in [2.24, 2.45) is 5.92 Å². The summed E-state index contributed by atoms with van der Waals surface area (Å²) < 4.78 is 0. The van der Waals surface area contributed by atoms with Crippen LogP contribution in [0.4, 0.5) is 0 Å². The summed E-state index contributed by atoms with van der Waals surface area (Å²) in [6, 6.07) is 7.46. The zero-order valence-electron chi connectivity index (χ0n) is 11.5. The van der Waals surface area contributed by atoms with Crippen LogP contribution in [0.15, 0.2) is 23.1 Å². The summed E-state index contributed by atoms with van der Waals surface area (Å²) in [5.74, 6) is 2.08. The van der Waals surface area contributed by atoms with Gasteiger partial charge < -0.3 is 5.32 Å². The lowest BCUT2D eigenvalue weighted by atomic mass is 9.96. The van der Waals surface area contributed by atoms with Gasteiger partial charge >= 0.3 is 0 Å². The van der Waals surface area contributed by atoms with Gasteiger partial charge in [0.1, 0.15) is 0 Å². The van der Waals surface area contributed by atoms with Gasteiger partial charge in [0.05, 0.1) is 0 Å². The Balaban J connectivity index is 1.73. The van der Waals surface area contributed by atoms with E-state index in [1.165, 1.54) is 48.3 Å². The summed E-state index contributed by atoms with van der Waals surface area (Å²) in [4.78, 5) is 1.41. The van der Waals surface area contributed by atoms with Gasteiger partial charge in [-0.05, 0) is 61.6 Å². The van der Waals surface area contributed by atoms with Gasteiger partial charge in [-0.2, -0.15) is 0 Å². The molecule has 0 saturated heterocycles. The summed E-state index contributed by atoms with van der Waals surface area (Å²) in [6.07, 6.45) is 6.85. The zero-order valence-corrected chi connectivity index (χ0v) is 13.1. The maximum absolute atomic E-state index is 6.17. The Hall–Kier alpha value is -0.180. The SMILES string of the molecule is CC(NC1CCSc2ccc(Cl)cc21)C1CCCC1. The van der Waals surface area contributed by atoms with Gasteiger partial charge in [0, 0.05) is 22.0 Å². The van der Waals surface area contributed by atoms with E-state index in [9.17, 15) is 0 Å². The summed E-state index contributed by atoms with van der Waals surface area (Å²) in [7, 11) is 0. The molecule has 3 rings (SSSR count).